The summed E-state index contributed by atoms with van der Waals surface area (Å²) in [5.41, 5.74) is 1.78. The Morgan fingerprint density at radius 1 is 1.27 bits per heavy atom. The molecule has 0 bridgehead atoms. The molecule has 22 heavy (non-hydrogen) atoms. The number of carbonyl (C=O) groups excluding carboxylic acids is 1. The van der Waals surface area contributed by atoms with Crippen LogP contribution < -0.4 is 0 Å². The van der Waals surface area contributed by atoms with Crippen molar-refractivity contribution in [2.45, 2.75) is 44.4 Å². The van der Waals surface area contributed by atoms with Crippen molar-refractivity contribution in [2.75, 3.05) is 7.05 Å². The molecule has 1 amide bonds. The number of benzene rings is 1. The van der Waals surface area contributed by atoms with Crippen molar-refractivity contribution in [1.29, 1.82) is 0 Å². The lowest BCUT2D eigenvalue weighted by molar-refractivity contribution is -0.0530. The highest BCUT2D eigenvalue weighted by Crippen LogP contribution is 2.26. The second kappa shape index (κ2) is 5.74. The molecule has 3 rings (SSSR count). The van der Waals surface area contributed by atoms with Crippen LogP contribution in [0.1, 0.15) is 35.4 Å². The average Bonchev–Trinajstić information content (AvgIpc) is 2.91. The number of hydrogen-bond acceptors (Lipinski definition) is 4. The molecule has 0 spiro atoms. The summed E-state index contributed by atoms with van der Waals surface area (Å²) < 4.78 is 5.62. The van der Waals surface area contributed by atoms with Crippen molar-refractivity contribution >= 4 is 16.9 Å². The van der Waals surface area contributed by atoms with E-state index in [0.717, 1.165) is 17.4 Å². The van der Waals surface area contributed by atoms with Gasteiger partial charge in [-0.05, 0) is 44.4 Å². The predicted octanol–water partition coefficient (Wildman–Crippen LogP) is 2.09. The van der Waals surface area contributed by atoms with Gasteiger partial charge in [0.25, 0.3) is 5.91 Å². The molecule has 118 valence electrons. The van der Waals surface area contributed by atoms with E-state index in [0.29, 0.717) is 18.4 Å². The summed E-state index contributed by atoms with van der Waals surface area (Å²) in [4.78, 5) is 14.1. The molecule has 1 fully saturated rings. The zero-order valence-corrected chi connectivity index (χ0v) is 12.8. The third-order valence-electron chi connectivity index (χ3n) is 4.49. The zero-order chi connectivity index (χ0) is 15.9. The number of aliphatic hydroxyl groups is 2. The van der Waals surface area contributed by atoms with Gasteiger partial charge in [-0.1, -0.05) is 11.6 Å². The van der Waals surface area contributed by atoms with Gasteiger partial charge < -0.3 is 19.5 Å². The Morgan fingerprint density at radius 2 is 2.05 bits per heavy atom. The first-order valence-corrected chi connectivity index (χ1v) is 7.61. The van der Waals surface area contributed by atoms with Crippen LogP contribution in [-0.2, 0) is 0 Å². The topological polar surface area (TPSA) is 73.9 Å². The molecule has 1 aliphatic rings. The van der Waals surface area contributed by atoms with Gasteiger partial charge in [-0.2, -0.15) is 0 Å². The van der Waals surface area contributed by atoms with Gasteiger partial charge in [0.15, 0.2) is 5.76 Å². The molecule has 1 aromatic heterocycles. The van der Waals surface area contributed by atoms with Gasteiger partial charge in [0.2, 0.25) is 0 Å². The quantitative estimate of drug-likeness (QED) is 0.891. The maximum atomic E-state index is 12.6. The van der Waals surface area contributed by atoms with Gasteiger partial charge in [0.1, 0.15) is 11.7 Å². The monoisotopic (exact) mass is 303 g/mol. The van der Waals surface area contributed by atoms with Crippen molar-refractivity contribution in [1.82, 2.24) is 4.90 Å². The molecule has 1 aliphatic carbocycles. The molecule has 2 N–H and O–H groups in total. The van der Waals surface area contributed by atoms with Crippen LogP contribution in [0.15, 0.2) is 28.7 Å². The number of rotatable bonds is 2. The molecular formula is C17H21NO4. The van der Waals surface area contributed by atoms with E-state index in [9.17, 15) is 15.0 Å². The average molecular weight is 303 g/mol. The van der Waals surface area contributed by atoms with Crippen LogP contribution in [0.25, 0.3) is 11.0 Å². The molecule has 3 atom stereocenters. The molecule has 0 saturated heterocycles. The number of carbonyl (C=O) groups is 1. The summed E-state index contributed by atoms with van der Waals surface area (Å²) in [6.45, 7) is 1.99. The fraction of sp³-hybridized carbons (Fsp3) is 0.471. The molecule has 5 nitrogen and oxygen atoms in total. The van der Waals surface area contributed by atoms with Gasteiger partial charge in [0.05, 0.1) is 12.1 Å². The fourth-order valence-electron chi connectivity index (χ4n) is 3.15. The van der Waals surface area contributed by atoms with E-state index in [1.54, 1.807) is 13.1 Å². The second-order valence-electron chi connectivity index (χ2n) is 6.12. The van der Waals surface area contributed by atoms with E-state index in [4.69, 9.17) is 4.42 Å². The third-order valence-corrected chi connectivity index (χ3v) is 4.49. The SMILES string of the molecule is Cc1ccc2oc(C(=O)N(C)[C@@H]3CCC[C@@H](O)[C@@H]3O)cc2c1. The molecule has 0 radical (unpaired) electrons. The lowest BCUT2D eigenvalue weighted by Crippen LogP contribution is -2.51. The Labute approximate surface area is 129 Å². The highest BCUT2D eigenvalue weighted by Gasteiger charge is 2.35. The van der Waals surface area contributed by atoms with Gasteiger partial charge in [-0.15, -0.1) is 0 Å². The van der Waals surface area contributed by atoms with E-state index in [2.05, 4.69) is 0 Å². The van der Waals surface area contributed by atoms with Crippen LogP contribution in [0.2, 0.25) is 0 Å². The smallest absolute Gasteiger partial charge is 0.289 e. The van der Waals surface area contributed by atoms with E-state index in [1.807, 2.05) is 25.1 Å². The minimum Gasteiger partial charge on any atom is -0.451 e. The van der Waals surface area contributed by atoms with Crippen molar-refractivity contribution in [3.05, 3.63) is 35.6 Å². The van der Waals surface area contributed by atoms with Crippen LogP contribution in [0.3, 0.4) is 0 Å². The van der Waals surface area contributed by atoms with E-state index >= 15 is 0 Å². The molecule has 2 aromatic rings. The van der Waals surface area contributed by atoms with Crippen molar-refractivity contribution < 1.29 is 19.4 Å². The Bertz CT molecular complexity index is 693. The first-order chi connectivity index (χ1) is 10.5. The van der Waals surface area contributed by atoms with Crippen molar-refractivity contribution in [3.8, 4) is 0 Å². The van der Waals surface area contributed by atoms with Gasteiger partial charge in [-0.25, -0.2) is 0 Å². The summed E-state index contributed by atoms with van der Waals surface area (Å²) in [6, 6.07) is 7.10. The van der Waals surface area contributed by atoms with Crippen LogP contribution in [0.5, 0.6) is 0 Å². The molecule has 1 saturated carbocycles. The fourth-order valence-corrected chi connectivity index (χ4v) is 3.15. The maximum absolute atomic E-state index is 12.6. The number of amides is 1. The highest BCUT2D eigenvalue weighted by molar-refractivity contribution is 5.96. The van der Waals surface area contributed by atoms with Crippen LogP contribution >= 0.6 is 0 Å². The summed E-state index contributed by atoms with van der Waals surface area (Å²) in [7, 11) is 1.65. The Morgan fingerprint density at radius 3 is 2.82 bits per heavy atom. The molecule has 1 heterocycles. The summed E-state index contributed by atoms with van der Waals surface area (Å²) in [6.07, 6.45) is 0.366. The number of nitrogens with zero attached hydrogens (tertiary/aromatic N) is 1. The molecule has 5 heteroatoms. The number of likely N-dealkylation sites (N-methyl/N-ethyl adjacent to an activating group) is 1. The Kier molecular flexibility index (Phi) is 3.93. The largest absolute Gasteiger partial charge is 0.451 e. The minimum absolute atomic E-state index is 0.260. The lowest BCUT2D eigenvalue weighted by Gasteiger charge is -2.37. The van der Waals surface area contributed by atoms with Gasteiger partial charge >= 0.3 is 0 Å². The zero-order valence-electron chi connectivity index (χ0n) is 12.8. The highest BCUT2D eigenvalue weighted by atomic mass is 16.3. The number of furan rings is 1. The number of hydrogen-bond donors (Lipinski definition) is 2. The molecule has 0 aliphatic heterocycles. The summed E-state index contributed by atoms with van der Waals surface area (Å²) in [5.74, 6) is -0.0117. The Balaban J connectivity index is 1.85. The van der Waals surface area contributed by atoms with Crippen LogP contribution in [-0.4, -0.2) is 46.3 Å². The van der Waals surface area contributed by atoms with Crippen LogP contribution in [0.4, 0.5) is 0 Å². The van der Waals surface area contributed by atoms with E-state index < -0.39 is 12.2 Å². The molecular weight excluding hydrogens is 282 g/mol. The number of aliphatic hydroxyl groups excluding tert-OH is 2. The van der Waals surface area contributed by atoms with E-state index in [-0.39, 0.29) is 17.7 Å². The predicted molar refractivity (Wildman–Crippen MR) is 82.7 cm³/mol. The first-order valence-electron chi connectivity index (χ1n) is 7.61. The lowest BCUT2D eigenvalue weighted by atomic mass is 9.89. The first kappa shape index (κ1) is 15.1. The third kappa shape index (κ3) is 2.62. The van der Waals surface area contributed by atoms with Crippen molar-refractivity contribution in [3.63, 3.8) is 0 Å². The summed E-state index contributed by atoms with van der Waals surface area (Å²) in [5, 5.41) is 20.8. The van der Waals surface area contributed by atoms with Crippen LogP contribution in [0, 0.1) is 6.92 Å². The molecule has 1 aromatic carbocycles. The van der Waals surface area contributed by atoms with Gasteiger partial charge in [-0.3, -0.25) is 4.79 Å². The Hall–Kier alpha value is -1.85. The summed E-state index contributed by atoms with van der Waals surface area (Å²) >= 11 is 0. The van der Waals surface area contributed by atoms with Gasteiger partial charge in [0, 0.05) is 12.4 Å². The normalized spacial score (nSPS) is 25.4. The number of fused-ring (bicyclic) bond motifs is 1. The maximum Gasteiger partial charge on any atom is 0.289 e. The number of aryl methyl sites for hydroxylation is 1. The minimum atomic E-state index is -0.908. The second-order valence-corrected chi connectivity index (χ2v) is 6.12. The standard InChI is InChI=1S/C17H21NO4/c1-10-6-7-14-11(8-10)9-15(22-14)17(21)18(2)12-4-3-5-13(19)16(12)20/h6-9,12-13,16,19-20H,3-5H2,1-2H3/t12-,13-,16-/m1/s1. The van der Waals surface area contributed by atoms with Crippen molar-refractivity contribution in [2.24, 2.45) is 0 Å². The van der Waals surface area contributed by atoms with E-state index in [1.165, 1.54) is 4.90 Å². The molecule has 0 unspecified atom stereocenters.